The minimum Gasteiger partial charge on any atom is -0.494 e. The molecular weight excluding hydrogens is 655 g/mol. The van der Waals surface area contributed by atoms with Crippen molar-refractivity contribution in [1.82, 2.24) is 15.3 Å². The van der Waals surface area contributed by atoms with Crippen LogP contribution in [0.25, 0.3) is 22.2 Å². The van der Waals surface area contributed by atoms with E-state index in [0.717, 1.165) is 10.2 Å². The van der Waals surface area contributed by atoms with E-state index in [1.165, 1.54) is 19.2 Å². The summed E-state index contributed by atoms with van der Waals surface area (Å²) in [5, 5.41) is 15.5. The predicted octanol–water partition coefficient (Wildman–Crippen LogP) is 5.62. The summed E-state index contributed by atoms with van der Waals surface area (Å²) < 4.78 is 26.7. The molecule has 4 N–H and O–H groups in total. The highest BCUT2D eigenvalue weighted by Crippen LogP contribution is 2.47. The van der Waals surface area contributed by atoms with Crippen LogP contribution in [0.15, 0.2) is 46.9 Å². The Morgan fingerprint density at radius 2 is 1.98 bits per heavy atom. The maximum atomic E-state index is 14.5. The molecule has 44 heavy (non-hydrogen) atoms. The number of fused-ring (bicyclic) bond motifs is 1. The number of hydrogen-bond acceptors (Lipinski definition) is 7. The van der Waals surface area contributed by atoms with Crippen LogP contribution < -0.4 is 20.5 Å². The molecule has 0 bridgehead atoms. The number of rotatable bonds is 11. The zero-order chi connectivity index (χ0) is 31.8. The third-order valence-corrected chi connectivity index (χ3v) is 8.81. The largest absolute Gasteiger partial charge is 0.494 e. The number of aliphatic hydroxyl groups is 1. The highest BCUT2D eigenvalue weighted by atomic mass is 79.9. The number of hydrogen-bond donors (Lipinski definition) is 3. The van der Waals surface area contributed by atoms with E-state index in [2.05, 4.69) is 26.2 Å². The summed E-state index contributed by atoms with van der Waals surface area (Å²) in [6.07, 6.45) is 1.15. The molecule has 1 fully saturated rings. The Kier molecular flexibility index (Phi) is 9.10. The first-order valence-electron chi connectivity index (χ1n) is 14.0. The SMILES string of the molecule is CCOc1c(CC(N)=O)cc([C@@](O)(CNC(=O)c2cc(OC)c3nc(C)c(Br)cc3c2)C2CC2)nc1-c1cccc(F)c1Cl. The van der Waals surface area contributed by atoms with Gasteiger partial charge in [0.05, 0.1) is 43.1 Å². The molecule has 1 atom stereocenters. The molecule has 9 nitrogen and oxygen atoms in total. The molecule has 0 radical (unpaired) electrons. The normalized spacial score (nSPS) is 14.2. The van der Waals surface area contributed by atoms with Gasteiger partial charge in [0.1, 0.15) is 34.1 Å². The van der Waals surface area contributed by atoms with Gasteiger partial charge in [0.15, 0.2) is 0 Å². The first-order valence-corrected chi connectivity index (χ1v) is 15.2. The molecule has 0 unspecified atom stereocenters. The number of aromatic nitrogens is 2. The molecule has 0 aliphatic heterocycles. The van der Waals surface area contributed by atoms with E-state index in [0.29, 0.717) is 40.6 Å². The smallest absolute Gasteiger partial charge is 0.251 e. The van der Waals surface area contributed by atoms with E-state index in [1.807, 2.05) is 13.0 Å². The van der Waals surface area contributed by atoms with Crippen molar-refractivity contribution in [3.63, 3.8) is 0 Å². The highest BCUT2D eigenvalue weighted by molar-refractivity contribution is 9.10. The molecule has 0 saturated heterocycles. The number of carbonyl (C=O) groups excluding carboxylic acids is 2. The third-order valence-electron chi connectivity index (χ3n) is 7.62. The number of nitrogens with two attached hydrogens (primary N) is 1. The lowest BCUT2D eigenvalue weighted by Gasteiger charge is -2.30. The summed E-state index contributed by atoms with van der Waals surface area (Å²) in [7, 11) is 1.51. The van der Waals surface area contributed by atoms with Crippen LogP contribution in [0, 0.1) is 18.7 Å². The van der Waals surface area contributed by atoms with Crippen molar-refractivity contribution < 1.29 is 28.6 Å². The lowest BCUT2D eigenvalue weighted by Crippen LogP contribution is -2.43. The monoisotopic (exact) mass is 684 g/mol. The van der Waals surface area contributed by atoms with Gasteiger partial charge >= 0.3 is 0 Å². The number of halogens is 3. The van der Waals surface area contributed by atoms with Crippen LogP contribution in [0.3, 0.4) is 0 Å². The fourth-order valence-corrected chi connectivity index (χ4v) is 5.78. The summed E-state index contributed by atoms with van der Waals surface area (Å²) in [6.45, 7) is 3.64. The molecule has 4 aromatic rings. The van der Waals surface area contributed by atoms with Crippen LogP contribution >= 0.6 is 27.5 Å². The zero-order valence-corrected chi connectivity index (χ0v) is 26.7. The average Bonchev–Trinajstić information content (AvgIpc) is 3.84. The number of nitrogens with one attached hydrogen (secondary N) is 1. The third kappa shape index (κ3) is 6.22. The van der Waals surface area contributed by atoms with Crippen molar-refractivity contribution in [3.05, 3.63) is 80.3 Å². The van der Waals surface area contributed by atoms with Gasteiger partial charge in [-0.15, -0.1) is 0 Å². The average molecular weight is 686 g/mol. The summed E-state index contributed by atoms with van der Waals surface area (Å²) in [6, 6.07) is 11.0. The molecule has 2 amide bonds. The molecule has 2 aromatic carbocycles. The predicted molar refractivity (Wildman–Crippen MR) is 168 cm³/mol. The summed E-state index contributed by atoms with van der Waals surface area (Å²) in [4.78, 5) is 34.9. The lowest BCUT2D eigenvalue weighted by atomic mass is 9.90. The van der Waals surface area contributed by atoms with Gasteiger partial charge in [-0.1, -0.05) is 23.7 Å². The Morgan fingerprint density at radius 1 is 1.23 bits per heavy atom. The molecule has 5 rings (SSSR count). The van der Waals surface area contributed by atoms with Gasteiger partial charge in [0.2, 0.25) is 5.91 Å². The topological polar surface area (TPSA) is 137 Å². The van der Waals surface area contributed by atoms with E-state index in [-0.39, 0.29) is 53.2 Å². The molecule has 2 aromatic heterocycles. The minimum atomic E-state index is -1.63. The van der Waals surface area contributed by atoms with Crippen LogP contribution in [-0.2, 0) is 16.8 Å². The Labute approximate surface area is 267 Å². The van der Waals surface area contributed by atoms with Gasteiger partial charge in [0, 0.05) is 26.5 Å². The Balaban J connectivity index is 1.56. The number of nitrogens with zero attached hydrogens (tertiary/aromatic N) is 2. The number of pyridine rings is 2. The second-order valence-electron chi connectivity index (χ2n) is 10.7. The number of benzene rings is 2. The van der Waals surface area contributed by atoms with Crippen LogP contribution in [0.1, 0.15) is 47.1 Å². The number of aryl methyl sites for hydroxylation is 1. The van der Waals surface area contributed by atoms with Crippen molar-refractivity contribution in [3.8, 4) is 22.8 Å². The Morgan fingerprint density at radius 3 is 2.64 bits per heavy atom. The number of carbonyl (C=O) groups is 2. The molecule has 1 aliphatic rings. The van der Waals surface area contributed by atoms with Gasteiger partial charge in [0.25, 0.3) is 5.91 Å². The van der Waals surface area contributed by atoms with Gasteiger partial charge < -0.3 is 25.6 Å². The molecule has 12 heteroatoms. The zero-order valence-electron chi connectivity index (χ0n) is 24.3. The molecule has 230 valence electrons. The second-order valence-corrected chi connectivity index (χ2v) is 11.9. The first-order chi connectivity index (χ1) is 21.0. The van der Waals surface area contributed by atoms with E-state index in [1.54, 1.807) is 31.2 Å². The van der Waals surface area contributed by atoms with Crippen molar-refractivity contribution in [2.75, 3.05) is 20.3 Å². The Bertz CT molecular complexity index is 1780. The van der Waals surface area contributed by atoms with E-state index < -0.39 is 23.2 Å². The molecule has 0 spiro atoms. The molecular formula is C32H31BrClFN4O5. The van der Waals surface area contributed by atoms with E-state index in [4.69, 9.17) is 31.8 Å². The number of methoxy groups -OCH3 is 1. The van der Waals surface area contributed by atoms with Crippen LogP contribution in [-0.4, -0.2) is 47.2 Å². The van der Waals surface area contributed by atoms with Crippen LogP contribution in [0.4, 0.5) is 4.39 Å². The lowest BCUT2D eigenvalue weighted by molar-refractivity contribution is -0.117. The quantitative estimate of drug-likeness (QED) is 0.186. The summed E-state index contributed by atoms with van der Waals surface area (Å²) >= 11 is 9.84. The van der Waals surface area contributed by atoms with Gasteiger partial charge in [-0.05, 0) is 78.9 Å². The van der Waals surface area contributed by atoms with Gasteiger partial charge in [-0.3, -0.25) is 9.59 Å². The molecule has 1 saturated carbocycles. The Hall–Kier alpha value is -3.80. The van der Waals surface area contributed by atoms with Crippen LogP contribution in [0.5, 0.6) is 11.5 Å². The van der Waals surface area contributed by atoms with Crippen molar-refractivity contribution in [2.24, 2.45) is 11.7 Å². The van der Waals surface area contributed by atoms with E-state index in [9.17, 15) is 19.1 Å². The first kappa shape index (κ1) is 31.6. The molecule has 1 aliphatic carbocycles. The standard InChI is InChI=1S/C32H31BrClFN4O5/c1-4-44-30-18(14-26(36)40)13-25(39-29(30)21-6-5-7-23(35)27(21)34)32(42,20-8-9-20)15-37-31(41)19-10-17-11-22(33)16(2)38-28(17)24(12-19)43-3/h5-7,10-13,20,42H,4,8-9,14-15H2,1-3H3,(H2,36,40)(H,37,41)/t32-/m1/s1. The molecule has 2 heterocycles. The minimum absolute atomic E-state index is 0.156. The van der Waals surface area contributed by atoms with E-state index >= 15 is 0 Å². The van der Waals surface area contributed by atoms with Crippen molar-refractivity contribution >= 4 is 50.2 Å². The van der Waals surface area contributed by atoms with Gasteiger partial charge in [-0.2, -0.15) is 0 Å². The number of amides is 2. The van der Waals surface area contributed by atoms with Crippen molar-refractivity contribution in [2.45, 2.75) is 38.7 Å². The van der Waals surface area contributed by atoms with Crippen LogP contribution in [0.2, 0.25) is 5.02 Å². The second kappa shape index (κ2) is 12.7. The van der Waals surface area contributed by atoms with Gasteiger partial charge in [-0.25, -0.2) is 14.4 Å². The summed E-state index contributed by atoms with van der Waals surface area (Å²) in [5.41, 5.74) is 6.55. The fourth-order valence-electron chi connectivity index (χ4n) is 5.23. The van der Waals surface area contributed by atoms with Crippen molar-refractivity contribution in [1.29, 1.82) is 0 Å². The highest BCUT2D eigenvalue weighted by Gasteiger charge is 2.47. The number of ether oxygens (including phenoxy) is 2. The summed E-state index contributed by atoms with van der Waals surface area (Å²) in [5.74, 6) is -1.34. The fraction of sp³-hybridized carbons (Fsp3) is 0.312. The maximum Gasteiger partial charge on any atom is 0.251 e. The number of primary amides is 1. The maximum absolute atomic E-state index is 14.5.